The molecule has 2 heterocycles. The molecule has 1 aliphatic heterocycles. The lowest BCUT2D eigenvalue weighted by Gasteiger charge is -2.23. The number of aryl methyl sites for hydroxylation is 2. The topological polar surface area (TPSA) is 88.8 Å². The maximum Gasteiger partial charge on any atom is 0.244 e. The molecule has 0 radical (unpaired) electrons. The van der Waals surface area contributed by atoms with Crippen LogP contribution in [0.2, 0.25) is 0 Å². The standard InChI is InChI=1S/C12H19NO5S/c1-8-11(7-14)12(9(2)18-8)19(15,16)13-10-3-5-17-6-4-10/h10,13-14H,3-7H2,1-2H3. The first-order chi connectivity index (χ1) is 8.95. The molecular formula is C12H19NO5S. The fraction of sp³-hybridized carbons (Fsp3) is 0.667. The van der Waals surface area contributed by atoms with Gasteiger partial charge in [0.1, 0.15) is 16.4 Å². The molecule has 6 nitrogen and oxygen atoms in total. The van der Waals surface area contributed by atoms with E-state index in [9.17, 15) is 13.5 Å². The molecule has 1 fully saturated rings. The summed E-state index contributed by atoms with van der Waals surface area (Å²) in [5.74, 6) is 0.744. The van der Waals surface area contributed by atoms with Gasteiger partial charge in [0.25, 0.3) is 0 Å². The molecule has 1 aromatic rings. The molecule has 1 aromatic heterocycles. The first kappa shape index (κ1) is 14.5. The van der Waals surface area contributed by atoms with Crippen molar-refractivity contribution in [2.45, 2.75) is 44.2 Å². The predicted octanol–water partition coefficient (Wildman–Crippen LogP) is 0.846. The van der Waals surface area contributed by atoms with Gasteiger partial charge in [0.05, 0.1) is 6.61 Å². The molecule has 7 heteroatoms. The second-order valence-corrected chi connectivity index (χ2v) is 6.34. The Labute approximate surface area is 112 Å². The Morgan fingerprint density at radius 2 is 1.89 bits per heavy atom. The van der Waals surface area contributed by atoms with E-state index in [2.05, 4.69) is 4.72 Å². The highest BCUT2D eigenvalue weighted by Gasteiger charge is 2.29. The van der Waals surface area contributed by atoms with Crippen molar-refractivity contribution < 1.29 is 22.7 Å². The van der Waals surface area contributed by atoms with Crippen LogP contribution in [0.15, 0.2) is 9.31 Å². The second-order valence-electron chi connectivity index (χ2n) is 4.69. The maximum absolute atomic E-state index is 12.4. The molecule has 108 valence electrons. The molecule has 1 saturated heterocycles. The van der Waals surface area contributed by atoms with Crippen LogP contribution in [0.3, 0.4) is 0 Å². The van der Waals surface area contributed by atoms with E-state index in [-0.39, 0.29) is 17.5 Å². The average molecular weight is 289 g/mol. The number of nitrogens with one attached hydrogen (secondary N) is 1. The Hall–Kier alpha value is -0.890. The zero-order valence-corrected chi connectivity index (χ0v) is 11.9. The van der Waals surface area contributed by atoms with Crippen LogP contribution in [0.5, 0.6) is 0 Å². The molecular weight excluding hydrogens is 270 g/mol. The van der Waals surface area contributed by atoms with Crippen LogP contribution < -0.4 is 4.72 Å². The van der Waals surface area contributed by atoms with Gasteiger partial charge in [-0.05, 0) is 26.7 Å². The van der Waals surface area contributed by atoms with Gasteiger partial charge in [0, 0.05) is 24.8 Å². The minimum absolute atomic E-state index is 0.0685. The summed E-state index contributed by atoms with van der Waals surface area (Å²) in [5, 5.41) is 9.31. The Balaban J connectivity index is 2.28. The van der Waals surface area contributed by atoms with Crippen LogP contribution in [0.4, 0.5) is 0 Å². The van der Waals surface area contributed by atoms with Crippen molar-refractivity contribution in [3.8, 4) is 0 Å². The molecule has 2 N–H and O–H groups in total. The summed E-state index contributed by atoms with van der Waals surface area (Å²) in [4.78, 5) is 0.0685. The Morgan fingerprint density at radius 3 is 2.47 bits per heavy atom. The molecule has 19 heavy (non-hydrogen) atoms. The summed E-state index contributed by atoms with van der Waals surface area (Å²) < 4.78 is 38.0. The SMILES string of the molecule is Cc1oc(C)c(S(=O)(=O)NC2CCOCC2)c1CO. The zero-order chi connectivity index (χ0) is 14.0. The highest BCUT2D eigenvalue weighted by molar-refractivity contribution is 7.89. The minimum Gasteiger partial charge on any atom is -0.465 e. The summed E-state index contributed by atoms with van der Waals surface area (Å²) >= 11 is 0. The van der Waals surface area contributed by atoms with E-state index in [0.717, 1.165) is 0 Å². The van der Waals surface area contributed by atoms with Gasteiger partial charge < -0.3 is 14.3 Å². The minimum atomic E-state index is -3.67. The van der Waals surface area contributed by atoms with Crippen LogP contribution in [-0.2, 0) is 21.4 Å². The quantitative estimate of drug-likeness (QED) is 0.857. The molecule has 0 bridgehead atoms. The van der Waals surface area contributed by atoms with Crippen LogP contribution in [0.1, 0.15) is 29.9 Å². The number of hydrogen-bond donors (Lipinski definition) is 2. The largest absolute Gasteiger partial charge is 0.465 e. The van der Waals surface area contributed by atoms with E-state index in [1.54, 1.807) is 13.8 Å². The first-order valence-corrected chi connectivity index (χ1v) is 7.74. The number of aliphatic hydroxyl groups excluding tert-OH is 1. The number of aliphatic hydroxyl groups is 1. The van der Waals surface area contributed by atoms with Crippen LogP contribution in [-0.4, -0.2) is 32.8 Å². The molecule has 1 aliphatic rings. The van der Waals surface area contributed by atoms with Crippen molar-refractivity contribution in [3.05, 3.63) is 17.1 Å². The van der Waals surface area contributed by atoms with E-state index in [1.807, 2.05) is 0 Å². The summed E-state index contributed by atoms with van der Waals surface area (Å²) in [6.07, 6.45) is 1.31. The lowest BCUT2D eigenvalue weighted by atomic mass is 10.1. The Kier molecular flexibility index (Phi) is 4.29. The molecule has 2 rings (SSSR count). The molecule has 0 aromatic carbocycles. The fourth-order valence-corrected chi connectivity index (χ4v) is 4.08. The van der Waals surface area contributed by atoms with E-state index < -0.39 is 10.0 Å². The molecule has 0 unspecified atom stereocenters. The Bertz CT molecular complexity index is 543. The van der Waals surface area contributed by atoms with Crippen molar-refractivity contribution in [1.29, 1.82) is 0 Å². The lowest BCUT2D eigenvalue weighted by Crippen LogP contribution is -2.39. The van der Waals surface area contributed by atoms with Gasteiger partial charge in [-0.1, -0.05) is 0 Å². The fourth-order valence-electron chi connectivity index (χ4n) is 2.34. The van der Waals surface area contributed by atoms with Crippen molar-refractivity contribution in [1.82, 2.24) is 4.72 Å². The van der Waals surface area contributed by atoms with E-state index >= 15 is 0 Å². The van der Waals surface area contributed by atoms with Gasteiger partial charge in [-0.2, -0.15) is 0 Å². The van der Waals surface area contributed by atoms with E-state index in [1.165, 1.54) is 0 Å². The molecule has 0 atom stereocenters. The summed E-state index contributed by atoms with van der Waals surface area (Å²) in [7, 11) is -3.67. The van der Waals surface area contributed by atoms with Gasteiger partial charge in [-0.25, -0.2) is 13.1 Å². The maximum atomic E-state index is 12.4. The third-order valence-corrected chi connectivity index (χ3v) is 5.01. The van der Waals surface area contributed by atoms with E-state index in [0.29, 0.717) is 43.1 Å². The van der Waals surface area contributed by atoms with Crippen LogP contribution in [0, 0.1) is 13.8 Å². The number of sulfonamides is 1. The zero-order valence-electron chi connectivity index (χ0n) is 11.1. The second kappa shape index (κ2) is 5.62. The molecule has 0 saturated carbocycles. The van der Waals surface area contributed by atoms with Crippen molar-refractivity contribution >= 4 is 10.0 Å². The van der Waals surface area contributed by atoms with Crippen LogP contribution in [0.25, 0.3) is 0 Å². The third kappa shape index (κ3) is 3.00. The molecule has 0 spiro atoms. The smallest absolute Gasteiger partial charge is 0.244 e. The van der Waals surface area contributed by atoms with E-state index in [4.69, 9.17) is 9.15 Å². The molecule has 0 amide bonds. The monoisotopic (exact) mass is 289 g/mol. The predicted molar refractivity (Wildman–Crippen MR) is 68.3 cm³/mol. The number of ether oxygens (including phenoxy) is 1. The summed E-state index contributed by atoms with van der Waals surface area (Å²) in [6.45, 7) is 4.00. The van der Waals surface area contributed by atoms with Gasteiger partial charge in [-0.3, -0.25) is 0 Å². The van der Waals surface area contributed by atoms with Crippen molar-refractivity contribution in [2.75, 3.05) is 13.2 Å². The normalized spacial score (nSPS) is 17.8. The van der Waals surface area contributed by atoms with Gasteiger partial charge >= 0.3 is 0 Å². The number of hydrogen-bond acceptors (Lipinski definition) is 5. The van der Waals surface area contributed by atoms with Gasteiger partial charge in [0.2, 0.25) is 10.0 Å². The highest BCUT2D eigenvalue weighted by Crippen LogP contribution is 2.27. The highest BCUT2D eigenvalue weighted by atomic mass is 32.2. The Morgan fingerprint density at radius 1 is 1.26 bits per heavy atom. The van der Waals surface area contributed by atoms with Crippen molar-refractivity contribution in [2.24, 2.45) is 0 Å². The summed E-state index contributed by atoms with van der Waals surface area (Å²) in [5.41, 5.74) is 0.331. The van der Waals surface area contributed by atoms with Crippen molar-refractivity contribution in [3.63, 3.8) is 0 Å². The van der Waals surface area contributed by atoms with Gasteiger partial charge in [-0.15, -0.1) is 0 Å². The number of rotatable bonds is 4. The molecule has 0 aliphatic carbocycles. The van der Waals surface area contributed by atoms with Gasteiger partial charge in [0.15, 0.2) is 0 Å². The average Bonchev–Trinajstić information content (AvgIpc) is 2.64. The number of furan rings is 1. The first-order valence-electron chi connectivity index (χ1n) is 6.25. The van der Waals surface area contributed by atoms with Crippen LogP contribution >= 0.6 is 0 Å². The summed E-state index contributed by atoms with van der Waals surface area (Å²) in [6, 6.07) is -0.125. The lowest BCUT2D eigenvalue weighted by molar-refractivity contribution is 0.0832. The third-order valence-electron chi connectivity index (χ3n) is 3.29.